The molecular weight excluding hydrogens is 458 g/mol. The molecule has 1 amide bonds. The third-order valence-corrected chi connectivity index (χ3v) is 6.61. The number of ether oxygens (including phenoxy) is 3. The minimum Gasteiger partial charge on any atom is -0.493 e. The Hall–Kier alpha value is -4.26. The van der Waals surface area contributed by atoms with Gasteiger partial charge in [0.2, 0.25) is 11.5 Å². The van der Waals surface area contributed by atoms with E-state index in [-0.39, 0.29) is 17.1 Å². The number of hydrogen-bond donors (Lipinski definition) is 0. The summed E-state index contributed by atoms with van der Waals surface area (Å²) in [6, 6.07) is 18.2. The first-order valence-electron chi connectivity index (χ1n) is 11.7. The molecule has 0 N–H and O–H groups in total. The van der Waals surface area contributed by atoms with Gasteiger partial charge in [0.15, 0.2) is 16.9 Å². The number of rotatable bonds is 7. The number of fused-ring (bicyclic) bond motifs is 2. The molecule has 7 heteroatoms. The third-order valence-electron chi connectivity index (χ3n) is 6.61. The zero-order valence-corrected chi connectivity index (χ0v) is 20.7. The molecule has 1 aliphatic rings. The smallest absolute Gasteiger partial charge is 0.290 e. The molecule has 2 heterocycles. The van der Waals surface area contributed by atoms with Gasteiger partial charge in [-0.1, -0.05) is 42.0 Å². The summed E-state index contributed by atoms with van der Waals surface area (Å²) in [4.78, 5) is 29.2. The van der Waals surface area contributed by atoms with Crippen LogP contribution >= 0.6 is 0 Å². The second kappa shape index (κ2) is 9.41. The van der Waals surface area contributed by atoms with Crippen LogP contribution in [-0.4, -0.2) is 38.7 Å². The van der Waals surface area contributed by atoms with Crippen LogP contribution in [-0.2, 0) is 6.42 Å². The van der Waals surface area contributed by atoms with Gasteiger partial charge in [0, 0.05) is 6.54 Å². The van der Waals surface area contributed by atoms with Crippen molar-refractivity contribution < 1.29 is 23.4 Å². The summed E-state index contributed by atoms with van der Waals surface area (Å²) in [6.45, 7) is 2.31. The Morgan fingerprint density at radius 1 is 0.889 bits per heavy atom. The van der Waals surface area contributed by atoms with Gasteiger partial charge in [0.25, 0.3) is 5.91 Å². The van der Waals surface area contributed by atoms with Crippen molar-refractivity contribution in [3.8, 4) is 17.2 Å². The number of nitrogens with zero attached hydrogens (tertiary/aromatic N) is 1. The van der Waals surface area contributed by atoms with Crippen molar-refractivity contribution in [3.63, 3.8) is 0 Å². The molecule has 0 fully saturated rings. The molecule has 3 aromatic carbocycles. The molecule has 1 unspecified atom stereocenters. The predicted octanol–water partition coefficient (Wildman–Crippen LogP) is 4.92. The molecule has 1 aromatic heterocycles. The molecule has 0 saturated carbocycles. The summed E-state index contributed by atoms with van der Waals surface area (Å²) < 4.78 is 22.7. The van der Waals surface area contributed by atoms with E-state index in [1.54, 1.807) is 29.2 Å². The fraction of sp³-hybridized carbons (Fsp3) is 0.241. The van der Waals surface area contributed by atoms with Crippen molar-refractivity contribution in [3.05, 3.63) is 98.9 Å². The molecule has 4 aromatic rings. The molecule has 0 radical (unpaired) electrons. The summed E-state index contributed by atoms with van der Waals surface area (Å²) in [5.74, 6) is 1.07. The van der Waals surface area contributed by atoms with Gasteiger partial charge < -0.3 is 23.5 Å². The van der Waals surface area contributed by atoms with Gasteiger partial charge in [-0.05, 0) is 48.7 Å². The minimum absolute atomic E-state index is 0.0724. The van der Waals surface area contributed by atoms with Crippen LogP contribution in [0.5, 0.6) is 17.2 Å². The van der Waals surface area contributed by atoms with Crippen molar-refractivity contribution in [2.24, 2.45) is 0 Å². The number of carbonyl (C=O) groups is 1. The number of aryl methyl sites for hydroxylation is 1. The number of amides is 1. The third kappa shape index (κ3) is 3.86. The van der Waals surface area contributed by atoms with Crippen LogP contribution in [0.25, 0.3) is 11.0 Å². The highest BCUT2D eigenvalue weighted by molar-refractivity contribution is 5.99. The molecule has 5 rings (SSSR count). The summed E-state index contributed by atoms with van der Waals surface area (Å²) in [5, 5.41) is 0.448. The van der Waals surface area contributed by atoms with Gasteiger partial charge in [-0.2, -0.15) is 0 Å². The highest BCUT2D eigenvalue weighted by Crippen LogP contribution is 2.45. The maximum atomic E-state index is 13.8. The van der Waals surface area contributed by atoms with Crippen LogP contribution in [0.15, 0.2) is 69.9 Å². The lowest BCUT2D eigenvalue weighted by molar-refractivity contribution is 0.0729. The Balaban J connectivity index is 1.71. The molecule has 0 saturated heterocycles. The number of hydrogen-bond acceptors (Lipinski definition) is 6. The average Bonchev–Trinajstić information content (AvgIpc) is 3.19. The molecule has 1 atom stereocenters. The lowest BCUT2D eigenvalue weighted by Gasteiger charge is -2.26. The molecule has 0 bridgehead atoms. The zero-order valence-electron chi connectivity index (χ0n) is 20.7. The Labute approximate surface area is 208 Å². The van der Waals surface area contributed by atoms with E-state index < -0.39 is 6.04 Å². The lowest BCUT2D eigenvalue weighted by Crippen LogP contribution is -2.31. The fourth-order valence-electron chi connectivity index (χ4n) is 4.86. The topological polar surface area (TPSA) is 78.2 Å². The van der Waals surface area contributed by atoms with Crippen molar-refractivity contribution >= 4 is 16.9 Å². The Morgan fingerprint density at radius 3 is 2.22 bits per heavy atom. The first-order chi connectivity index (χ1) is 17.5. The standard InChI is InChI=1S/C29H27NO6/c1-17-10-11-21-20(14-17)26(31)24-25(19-15-22(33-2)27(35-4)23(16-19)34-3)30(29(32)28(24)36-21)13-12-18-8-6-5-7-9-18/h5-11,14-16,25H,12-13H2,1-4H3. The van der Waals surface area contributed by atoms with E-state index in [9.17, 15) is 9.59 Å². The Bertz CT molecular complexity index is 1480. The second-order valence-corrected chi connectivity index (χ2v) is 8.77. The van der Waals surface area contributed by atoms with Crippen LogP contribution in [0.4, 0.5) is 0 Å². The summed E-state index contributed by atoms with van der Waals surface area (Å²) in [6.07, 6.45) is 0.619. The quantitative estimate of drug-likeness (QED) is 0.370. The van der Waals surface area contributed by atoms with Gasteiger partial charge in [0.1, 0.15) is 5.58 Å². The van der Waals surface area contributed by atoms with E-state index in [2.05, 4.69) is 0 Å². The van der Waals surface area contributed by atoms with Crippen LogP contribution < -0.4 is 19.6 Å². The molecule has 36 heavy (non-hydrogen) atoms. The molecule has 184 valence electrons. The van der Waals surface area contributed by atoms with Crippen molar-refractivity contribution in [2.75, 3.05) is 27.9 Å². The second-order valence-electron chi connectivity index (χ2n) is 8.77. The summed E-state index contributed by atoms with van der Waals surface area (Å²) in [5.41, 5.74) is 3.19. The van der Waals surface area contributed by atoms with Crippen LogP contribution in [0, 0.1) is 6.92 Å². The monoisotopic (exact) mass is 485 g/mol. The van der Waals surface area contributed by atoms with Crippen molar-refractivity contribution in [1.29, 1.82) is 0 Å². The van der Waals surface area contributed by atoms with Gasteiger partial charge in [-0.15, -0.1) is 0 Å². The van der Waals surface area contributed by atoms with Crippen LogP contribution in [0.2, 0.25) is 0 Å². The van der Waals surface area contributed by atoms with Gasteiger partial charge in [-0.3, -0.25) is 9.59 Å². The highest BCUT2D eigenvalue weighted by atomic mass is 16.5. The van der Waals surface area contributed by atoms with Crippen molar-refractivity contribution in [1.82, 2.24) is 4.90 Å². The van der Waals surface area contributed by atoms with E-state index in [0.717, 1.165) is 11.1 Å². The molecule has 0 aliphatic carbocycles. The first-order valence-corrected chi connectivity index (χ1v) is 11.7. The molecule has 7 nitrogen and oxygen atoms in total. The maximum absolute atomic E-state index is 13.8. The fourth-order valence-corrected chi connectivity index (χ4v) is 4.86. The summed E-state index contributed by atoms with van der Waals surface area (Å²) >= 11 is 0. The SMILES string of the molecule is COc1cc(C2c3c(oc4ccc(C)cc4c3=O)C(=O)N2CCc2ccccc2)cc(OC)c1OC. The van der Waals surface area contributed by atoms with Crippen LogP contribution in [0.3, 0.4) is 0 Å². The van der Waals surface area contributed by atoms with Gasteiger partial charge in [0.05, 0.1) is 38.3 Å². The van der Waals surface area contributed by atoms with E-state index in [0.29, 0.717) is 52.3 Å². The molecular formula is C29H27NO6. The molecule has 1 aliphatic heterocycles. The largest absolute Gasteiger partial charge is 0.493 e. The number of methoxy groups -OCH3 is 3. The normalized spacial score (nSPS) is 14.7. The highest BCUT2D eigenvalue weighted by Gasteiger charge is 2.43. The average molecular weight is 486 g/mol. The lowest BCUT2D eigenvalue weighted by atomic mass is 9.97. The Morgan fingerprint density at radius 2 is 1.58 bits per heavy atom. The minimum atomic E-state index is -0.675. The predicted molar refractivity (Wildman–Crippen MR) is 136 cm³/mol. The Kier molecular flexibility index (Phi) is 6.14. The van der Waals surface area contributed by atoms with Gasteiger partial charge >= 0.3 is 0 Å². The van der Waals surface area contributed by atoms with Gasteiger partial charge in [-0.25, -0.2) is 0 Å². The van der Waals surface area contributed by atoms with E-state index in [1.165, 1.54) is 21.3 Å². The van der Waals surface area contributed by atoms with E-state index in [1.807, 2.05) is 43.3 Å². The zero-order chi connectivity index (χ0) is 25.4. The van der Waals surface area contributed by atoms with E-state index >= 15 is 0 Å². The number of carbonyl (C=O) groups excluding carboxylic acids is 1. The summed E-state index contributed by atoms with van der Waals surface area (Å²) in [7, 11) is 4.60. The van der Waals surface area contributed by atoms with E-state index in [4.69, 9.17) is 18.6 Å². The molecule has 0 spiro atoms. The van der Waals surface area contributed by atoms with Crippen LogP contribution in [0.1, 0.15) is 38.9 Å². The number of benzene rings is 3. The first kappa shape index (κ1) is 23.5. The maximum Gasteiger partial charge on any atom is 0.290 e. The van der Waals surface area contributed by atoms with Crippen molar-refractivity contribution in [2.45, 2.75) is 19.4 Å².